The summed E-state index contributed by atoms with van der Waals surface area (Å²) in [5.74, 6) is 0.448. The first-order valence-corrected chi connectivity index (χ1v) is 4.97. The van der Waals surface area contributed by atoms with Gasteiger partial charge in [0.25, 0.3) is 5.91 Å². The number of hydrogen-bond acceptors (Lipinski definition) is 4. The van der Waals surface area contributed by atoms with Gasteiger partial charge in [0, 0.05) is 12.6 Å². The Balaban J connectivity index is 2.21. The number of carbonyl (C=O) groups is 1. The molecule has 2 N–H and O–H groups in total. The molecule has 16 heavy (non-hydrogen) atoms. The molecule has 0 unspecified atom stereocenters. The summed E-state index contributed by atoms with van der Waals surface area (Å²) in [4.78, 5) is 11.8. The first-order valence-electron chi connectivity index (χ1n) is 4.97. The van der Waals surface area contributed by atoms with Crippen molar-refractivity contribution in [3.05, 3.63) is 29.4 Å². The lowest BCUT2D eigenvalue weighted by Gasteiger charge is -2.02. The van der Waals surface area contributed by atoms with Crippen molar-refractivity contribution in [1.82, 2.24) is 15.4 Å². The molecule has 2 aromatic heterocycles. The zero-order valence-electron chi connectivity index (χ0n) is 9.07. The molecule has 0 atom stereocenters. The average molecular weight is 220 g/mol. The second kappa shape index (κ2) is 4.18. The number of rotatable bonds is 3. The van der Waals surface area contributed by atoms with Crippen LogP contribution in [0.25, 0.3) is 0 Å². The van der Waals surface area contributed by atoms with Crippen LogP contribution in [0.5, 0.6) is 0 Å². The van der Waals surface area contributed by atoms with Crippen molar-refractivity contribution in [1.29, 1.82) is 0 Å². The summed E-state index contributed by atoms with van der Waals surface area (Å²) < 4.78 is 5.07. The molecule has 1 amide bonds. The Hall–Kier alpha value is -2.11. The van der Waals surface area contributed by atoms with Crippen molar-refractivity contribution in [3.8, 4) is 0 Å². The third-order valence-electron chi connectivity index (χ3n) is 2.25. The van der Waals surface area contributed by atoms with Crippen LogP contribution in [0.2, 0.25) is 0 Å². The zero-order chi connectivity index (χ0) is 11.5. The predicted octanol–water partition coefficient (Wildman–Crippen LogP) is 1.52. The van der Waals surface area contributed by atoms with Crippen LogP contribution in [-0.4, -0.2) is 21.3 Å². The van der Waals surface area contributed by atoms with Crippen molar-refractivity contribution in [3.63, 3.8) is 0 Å². The van der Waals surface area contributed by atoms with Crippen molar-refractivity contribution in [2.75, 3.05) is 5.32 Å². The fraction of sp³-hybridized carbons (Fsp3) is 0.300. The highest BCUT2D eigenvalue weighted by molar-refractivity contribution is 6.04. The number of H-pyrrole nitrogens is 1. The lowest BCUT2D eigenvalue weighted by molar-refractivity contribution is 0.102. The molecule has 2 aromatic rings. The minimum absolute atomic E-state index is 0.227. The van der Waals surface area contributed by atoms with Gasteiger partial charge in [-0.3, -0.25) is 9.89 Å². The predicted molar refractivity (Wildman–Crippen MR) is 57.2 cm³/mol. The minimum Gasteiger partial charge on any atom is -0.359 e. The first kappa shape index (κ1) is 10.4. The molecule has 0 fully saturated rings. The summed E-state index contributed by atoms with van der Waals surface area (Å²) in [5.41, 5.74) is 1.80. The van der Waals surface area contributed by atoms with Crippen LogP contribution < -0.4 is 5.32 Å². The van der Waals surface area contributed by atoms with Crippen LogP contribution in [-0.2, 0) is 6.42 Å². The summed E-state index contributed by atoms with van der Waals surface area (Å²) in [6.07, 6.45) is 3.68. The lowest BCUT2D eigenvalue weighted by atomic mass is 10.2. The lowest BCUT2D eigenvalue weighted by Crippen LogP contribution is -2.12. The van der Waals surface area contributed by atoms with Gasteiger partial charge in [0.15, 0.2) is 5.76 Å². The van der Waals surface area contributed by atoms with Gasteiger partial charge in [0.1, 0.15) is 11.4 Å². The number of aryl methyl sites for hydroxylation is 2. The van der Waals surface area contributed by atoms with Gasteiger partial charge in [-0.1, -0.05) is 12.1 Å². The molecule has 0 aliphatic heterocycles. The Morgan fingerprint density at radius 1 is 1.62 bits per heavy atom. The summed E-state index contributed by atoms with van der Waals surface area (Å²) in [6, 6.07) is 0. The smallest absolute Gasteiger partial charge is 0.258 e. The van der Waals surface area contributed by atoms with Crippen molar-refractivity contribution in [2.45, 2.75) is 20.3 Å². The molecule has 2 rings (SSSR count). The molecule has 6 heteroatoms. The van der Waals surface area contributed by atoms with E-state index in [9.17, 15) is 4.79 Å². The van der Waals surface area contributed by atoms with Crippen LogP contribution in [0.1, 0.15) is 28.7 Å². The van der Waals surface area contributed by atoms with Crippen LogP contribution in [0.3, 0.4) is 0 Å². The molecule has 0 aromatic carbocycles. The molecular formula is C10H12N4O2. The van der Waals surface area contributed by atoms with Gasteiger partial charge in [-0.15, -0.1) is 0 Å². The molecule has 0 radical (unpaired) electrons. The molecule has 6 nitrogen and oxygen atoms in total. The second-order valence-corrected chi connectivity index (χ2v) is 3.36. The van der Waals surface area contributed by atoms with E-state index in [1.54, 1.807) is 6.92 Å². The summed E-state index contributed by atoms with van der Waals surface area (Å²) in [6.45, 7) is 3.72. The quantitative estimate of drug-likeness (QED) is 0.821. The highest BCUT2D eigenvalue weighted by Crippen LogP contribution is 2.20. The Bertz CT molecular complexity index is 487. The van der Waals surface area contributed by atoms with E-state index >= 15 is 0 Å². The Morgan fingerprint density at radius 2 is 2.44 bits per heavy atom. The van der Waals surface area contributed by atoms with Crippen LogP contribution in [0, 0.1) is 6.92 Å². The van der Waals surface area contributed by atoms with Crippen molar-refractivity contribution in [2.24, 2.45) is 0 Å². The largest absolute Gasteiger partial charge is 0.359 e. The van der Waals surface area contributed by atoms with Crippen molar-refractivity contribution >= 4 is 11.6 Å². The molecule has 84 valence electrons. The minimum atomic E-state index is -0.227. The Kier molecular flexibility index (Phi) is 2.72. The van der Waals surface area contributed by atoms with Crippen molar-refractivity contribution < 1.29 is 9.32 Å². The first-order chi connectivity index (χ1) is 7.72. The van der Waals surface area contributed by atoms with E-state index in [4.69, 9.17) is 4.52 Å². The number of hydrogen-bond donors (Lipinski definition) is 2. The fourth-order valence-corrected chi connectivity index (χ4v) is 1.38. The third kappa shape index (κ3) is 1.81. The van der Waals surface area contributed by atoms with E-state index in [1.165, 1.54) is 12.4 Å². The number of aromatic amines is 1. The van der Waals surface area contributed by atoms with E-state index in [-0.39, 0.29) is 5.91 Å². The van der Waals surface area contributed by atoms with E-state index in [1.807, 2.05) is 6.92 Å². The SMILES string of the molecule is CCc1onc(C)c1NC(=O)c1cn[nH]c1. The highest BCUT2D eigenvalue weighted by atomic mass is 16.5. The van der Waals surface area contributed by atoms with Gasteiger partial charge in [0.05, 0.1) is 11.8 Å². The van der Waals surface area contributed by atoms with E-state index in [2.05, 4.69) is 20.7 Å². The van der Waals surface area contributed by atoms with Gasteiger partial charge in [-0.05, 0) is 6.92 Å². The number of amides is 1. The molecule has 2 heterocycles. The van der Waals surface area contributed by atoms with Gasteiger partial charge in [0.2, 0.25) is 0 Å². The van der Waals surface area contributed by atoms with Gasteiger partial charge in [-0.2, -0.15) is 5.10 Å². The van der Waals surface area contributed by atoms with Gasteiger partial charge < -0.3 is 9.84 Å². The van der Waals surface area contributed by atoms with E-state index < -0.39 is 0 Å². The number of nitrogens with one attached hydrogen (secondary N) is 2. The molecule has 0 saturated heterocycles. The maximum absolute atomic E-state index is 11.8. The number of carbonyl (C=O) groups excluding carboxylic acids is 1. The third-order valence-corrected chi connectivity index (χ3v) is 2.25. The molecular weight excluding hydrogens is 208 g/mol. The molecule has 0 bridgehead atoms. The van der Waals surface area contributed by atoms with Crippen LogP contribution >= 0.6 is 0 Å². The summed E-state index contributed by atoms with van der Waals surface area (Å²) in [5, 5.41) is 12.9. The maximum atomic E-state index is 11.8. The molecule has 0 aliphatic rings. The van der Waals surface area contributed by atoms with Crippen LogP contribution in [0.15, 0.2) is 16.9 Å². The van der Waals surface area contributed by atoms with E-state index in [0.29, 0.717) is 29.1 Å². The normalized spacial score (nSPS) is 10.4. The van der Waals surface area contributed by atoms with E-state index in [0.717, 1.165) is 0 Å². The van der Waals surface area contributed by atoms with Gasteiger partial charge in [-0.25, -0.2) is 0 Å². The highest BCUT2D eigenvalue weighted by Gasteiger charge is 2.15. The fourth-order valence-electron chi connectivity index (χ4n) is 1.38. The average Bonchev–Trinajstić information content (AvgIpc) is 2.89. The zero-order valence-corrected chi connectivity index (χ0v) is 9.07. The molecule has 0 aliphatic carbocycles. The molecule has 0 spiro atoms. The second-order valence-electron chi connectivity index (χ2n) is 3.36. The maximum Gasteiger partial charge on any atom is 0.258 e. The number of anilines is 1. The number of nitrogens with zero attached hydrogens (tertiary/aromatic N) is 2. The van der Waals surface area contributed by atoms with Gasteiger partial charge >= 0.3 is 0 Å². The topological polar surface area (TPSA) is 83.8 Å². The monoisotopic (exact) mass is 220 g/mol. The summed E-state index contributed by atoms with van der Waals surface area (Å²) >= 11 is 0. The Morgan fingerprint density at radius 3 is 3.06 bits per heavy atom. The standard InChI is InChI=1S/C10H12N4O2/c1-3-8-9(6(2)14-16-8)13-10(15)7-4-11-12-5-7/h4-5H,3H2,1-2H3,(H,11,12)(H,13,15). The summed E-state index contributed by atoms with van der Waals surface area (Å²) in [7, 11) is 0. The molecule has 0 saturated carbocycles. The Labute approximate surface area is 92.0 Å². The number of aromatic nitrogens is 3. The van der Waals surface area contributed by atoms with Crippen LogP contribution in [0.4, 0.5) is 5.69 Å².